The van der Waals surface area contributed by atoms with Crippen molar-refractivity contribution in [1.29, 1.82) is 0 Å². The summed E-state index contributed by atoms with van der Waals surface area (Å²) in [4.78, 5) is 27.8. The van der Waals surface area contributed by atoms with E-state index in [-0.39, 0.29) is 10.8 Å². The molecule has 10 heteroatoms. The summed E-state index contributed by atoms with van der Waals surface area (Å²) >= 11 is 0. The molecule has 0 unspecified atom stereocenters. The highest BCUT2D eigenvalue weighted by Crippen LogP contribution is 2.30. The van der Waals surface area contributed by atoms with Gasteiger partial charge in [0.25, 0.3) is 10.0 Å². The number of carbonyl (C=O) groups excluding carboxylic acids is 2. The highest BCUT2D eigenvalue weighted by Gasteiger charge is 2.30. The fourth-order valence-electron chi connectivity index (χ4n) is 2.64. The summed E-state index contributed by atoms with van der Waals surface area (Å²) < 4.78 is 31.4. The molecule has 2 amide bonds. The number of para-hydroxylation sites is 1. The number of nitrogens with zero attached hydrogens (tertiary/aromatic N) is 2. The van der Waals surface area contributed by atoms with Gasteiger partial charge in [-0.3, -0.25) is 9.59 Å². The standard InChI is InChI=1S/C18H18N4O5S/c1-12(23)20-13-7-8-16(27-2)15(9-13)21-18(24)10-22-11-19-14-5-3-4-6-17(14)28(22,25)26/h3-9,11H,10H2,1-2H3,(H,20,23)(H,21,24). The Morgan fingerprint density at radius 2 is 1.89 bits per heavy atom. The zero-order chi connectivity index (χ0) is 20.3. The minimum Gasteiger partial charge on any atom is -0.495 e. The lowest BCUT2D eigenvalue weighted by Gasteiger charge is -2.23. The summed E-state index contributed by atoms with van der Waals surface area (Å²) in [6.45, 7) is 0.897. The van der Waals surface area contributed by atoms with Crippen LogP contribution in [0.3, 0.4) is 0 Å². The smallest absolute Gasteiger partial charge is 0.267 e. The lowest BCUT2D eigenvalue weighted by atomic mass is 10.2. The second-order valence-corrected chi connectivity index (χ2v) is 7.77. The van der Waals surface area contributed by atoms with Crippen LogP contribution >= 0.6 is 0 Å². The third-order valence-electron chi connectivity index (χ3n) is 3.87. The maximum Gasteiger partial charge on any atom is 0.267 e. The number of aliphatic imine (C=N–C) groups is 1. The number of rotatable bonds is 5. The molecule has 1 aliphatic heterocycles. The van der Waals surface area contributed by atoms with Gasteiger partial charge in [0.2, 0.25) is 11.8 Å². The van der Waals surface area contributed by atoms with Gasteiger partial charge in [0.1, 0.15) is 23.5 Å². The molecule has 0 atom stereocenters. The summed E-state index contributed by atoms with van der Waals surface area (Å²) in [7, 11) is -2.44. The molecule has 0 saturated carbocycles. The molecule has 2 aromatic rings. The summed E-state index contributed by atoms with van der Waals surface area (Å²) in [5, 5.41) is 5.20. The molecule has 1 aliphatic rings. The predicted octanol–water partition coefficient (Wildman–Crippen LogP) is 1.96. The average molecular weight is 402 g/mol. The van der Waals surface area contributed by atoms with Gasteiger partial charge in [0.15, 0.2) is 0 Å². The summed E-state index contributed by atoms with van der Waals surface area (Å²) in [6.07, 6.45) is 1.11. The summed E-state index contributed by atoms with van der Waals surface area (Å²) in [5.74, 6) is -0.493. The number of methoxy groups -OCH3 is 1. The number of sulfonamides is 1. The molecular weight excluding hydrogens is 384 g/mol. The molecule has 2 aromatic carbocycles. The van der Waals surface area contributed by atoms with E-state index in [1.807, 2.05) is 0 Å². The molecule has 0 aromatic heterocycles. The molecule has 0 bridgehead atoms. The first-order valence-electron chi connectivity index (χ1n) is 8.22. The van der Waals surface area contributed by atoms with Gasteiger partial charge in [-0.05, 0) is 30.3 Å². The molecule has 1 heterocycles. The Morgan fingerprint density at radius 1 is 1.14 bits per heavy atom. The van der Waals surface area contributed by atoms with E-state index >= 15 is 0 Å². The van der Waals surface area contributed by atoms with Crippen molar-refractivity contribution < 1.29 is 22.7 Å². The third-order valence-corrected chi connectivity index (χ3v) is 5.61. The first kappa shape index (κ1) is 19.4. The van der Waals surface area contributed by atoms with Crippen molar-refractivity contribution in [3.63, 3.8) is 0 Å². The van der Waals surface area contributed by atoms with E-state index in [1.54, 1.807) is 30.3 Å². The fourth-order valence-corrected chi connectivity index (χ4v) is 3.99. The predicted molar refractivity (Wildman–Crippen MR) is 104 cm³/mol. The van der Waals surface area contributed by atoms with E-state index < -0.39 is 22.5 Å². The van der Waals surface area contributed by atoms with Crippen molar-refractivity contribution in [1.82, 2.24) is 4.31 Å². The maximum absolute atomic E-state index is 12.7. The zero-order valence-electron chi connectivity index (χ0n) is 15.2. The summed E-state index contributed by atoms with van der Waals surface area (Å²) in [6, 6.07) is 11.0. The molecule has 0 spiro atoms. The molecule has 146 valence electrons. The lowest BCUT2D eigenvalue weighted by Crippen LogP contribution is -2.38. The van der Waals surface area contributed by atoms with Crippen LogP contribution in [0, 0.1) is 0 Å². The Hall–Kier alpha value is -3.40. The number of hydrogen-bond donors (Lipinski definition) is 2. The maximum atomic E-state index is 12.7. The topological polar surface area (TPSA) is 117 Å². The molecule has 2 N–H and O–H groups in total. The van der Waals surface area contributed by atoms with Crippen molar-refractivity contribution in [3.05, 3.63) is 42.5 Å². The average Bonchev–Trinajstić information content (AvgIpc) is 2.64. The van der Waals surface area contributed by atoms with Gasteiger partial charge in [-0.2, -0.15) is 0 Å². The first-order valence-corrected chi connectivity index (χ1v) is 9.66. The van der Waals surface area contributed by atoms with Crippen molar-refractivity contribution in [2.24, 2.45) is 4.99 Å². The largest absolute Gasteiger partial charge is 0.495 e. The van der Waals surface area contributed by atoms with Crippen molar-refractivity contribution in [3.8, 4) is 5.75 Å². The quantitative estimate of drug-likeness (QED) is 0.793. The minimum absolute atomic E-state index is 0.0375. The van der Waals surface area contributed by atoms with Crippen LogP contribution in [0.5, 0.6) is 5.75 Å². The van der Waals surface area contributed by atoms with Crippen molar-refractivity contribution >= 4 is 45.2 Å². The van der Waals surface area contributed by atoms with Gasteiger partial charge in [-0.15, -0.1) is 0 Å². The molecule has 0 aliphatic carbocycles. The molecular formula is C18H18N4O5S. The molecule has 9 nitrogen and oxygen atoms in total. The van der Waals surface area contributed by atoms with Gasteiger partial charge >= 0.3 is 0 Å². The fraction of sp³-hybridized carbons (Fsp3) is 0.167. The van der Waals surface area contributed by atoms with E-state index in [0.29, 0.717) is 22.8 Å². The molecule has 3 rings (SSSR count). The van der Waals surface area contributed by atoms with Crippen molar-refractivity contribution in [2.75, 3.05) is 24.3 Å². The Balaban J connectivity index is 1.79. The Morgan fingerprint density at radius 3 is 2.61 bits per heavy atom. The van der Waals surface area contributed by atoms with Gasteiger partial charge in [0.05, 0.1) is 18.5 Å². The zero-order valence-corrected chi connectivity index (χ0v) is 16.0. The van der Waals surface area contributed by atoms with Gasteiger partial charge in [-0.25, -0.2) is 17.7 Å². The van der Waals surface area contributed by atoms with Gasteiger partial charge < -0.3 is 15.4 Å². The number of nitrogens with one attached hydrogen (secondary N) is 2. The third kappa shape index (κ3) is 3.96. The van der Waals surface area contributed by atoms with E-state index in [1.165, 1.54) is 26.2 Å². The lowest BCUT2D eigenvalue weighted by molar-refractivity contribution is -0.116. The Labute approximate surface area is 162 Å². The normalized spacial score (nSPS) is 14.1. The van der Waals surface area contributed by atoms with Crippen LogP contribution in [-0.4, -0.2) is 44.5 Å². The molecule has 0 saturated heterocycles. The van der Waals surface area contributed by atoms with Crippen LogP contribution in [-0.2, 0) is 19.6 Å². The molecule has 28 heavy (non-hydrogen) atoms. The Bertz CT molecular complexity index is 1070. The van der Waals surface area contributed by atoms with E-state index in [2.05, 4.69) is 15.6 Å². The van der Waals surface area contributed by atoms with Gasteiger partial charge in [0, 0.05) is 12.6 Å². The highest BCUT2D eigenvalue weighted by atomic mass is 32.2. The number of fused-ring (bicyclic) bond motifs is 1. The SMILES string of the molecule is COc1ccc(NC(C)=O)cc1NC(=O)CN1C=Nc2ccccc2S1(=O)=O. The number of hydrogen-bond acceptors (Lipinski definition) is 6. The van der Waals surface area contributed by atoms with Crippen LogP contribution < -0.4 is 15.4 Å². The van der Waals surface area contributed by atoms with Crippen LogP contribution in [0.2, 0.25) is 0 Å². The van der Waals surface area contributed by atoms with E-state index in [0.717, 1.165) is 10.6 Å². The Kier molecular flexibility index (Phi) is 5.32. The number of amides is 2. The van der Waals surface area contributed by atoms with Crippen LogP contribution in [0.4, 0.5) is 17.1 Å². The van der Waals surface area contributed by atoms with E-state index in [4.69, 9.17) is 4.74 Å². The second-order valence-electron chi connectivity index (χ2n) is 5.91. The highest BCUT2D eigenvalue weighted by molar-refractivity contribution is 7.89. The molecule has 0 radical (unpaired) electrons. The van der Waals surface area contributed by atoms with Gasteiger partial charge in [-0.1, -0.05) is 12.1 Å². The van der Waals surface area contributed by atoms with Crippen molar-refractivity contribution in [2.45, 2.75) is 11.8 Å². The number of anilines is 2. The summed E-state index contributed by atoms with van der Waals surface area (Å²) in [5.41, 5.74) is 1.08. The number of carbonyl (C=O) groups is 2. The minimum atomic E-state index is -3.88. The van der Waals surface area contributed by atoms with Crippen LogP contribution in [0.1, 0.15) is 6.92 Å². The number of benzene rings is 2. The number of ether oxygens (including phenoxy) is 1. The van der Waals surface area contributed by atoms with Crippen LogP contribution in [0.25, 0.3) is 0 Å². The molecule has 0 fully saturated rings. The van der Waals surface area contributed by atoms with Crippen LogP contribution in [0.15, 0.2) is 52.4 Å². The monoisotopic (exact) mass is 402 g/mol. The first-order chi connectivity index (χ1) is 13.3. The second kappa shape index (κ2) is 7.69. The van der Waals surface area contributed by atoms with E-state index in [9.17, 15) is 18.0 Å².